The molecule has 0 radical (unpaired) electrons. The Bertz CT molecular complexity index is 484. The average molecular weight is 310 g/mol. The Morgan fingerprint density at radius 2 is 2.05 bits per heavy atom. The first-order valence-electron chi connectivity index (χ1n) is 7.19. The third kappa shape index (κ3) is 5.36. The molecule has 6 heteroatoms. The van der Waals surface area contributed by atoms with Crippen LogP contribution in [-0.2, 0) is 4.79 Å². The van der Waals surface area contributed by atoms with Crippen molar-refractivity contribution in [3.63, 3.8) is 0 Å². The van der Waals surface area contributed by atoms with Crippen LogP contribution in [0.4, 0.5) is 0 Å². The van der Waals surface area contributed by atoms with E-state index < -0.39 is 0 Å². The van der Waals surface area contributed by atoms with Crippen LogP contribution >= 0.6 is 11.6 Å². The second-order valence-corrected chi connectivity index (χ2v) is 5.56. The topological polar surface area (TPSA) is 70.2 Å². The number of halogens is 1. The molecular weight excluding hydrogens is 290 g/mol. The van der Waals surface area contributed by atoms with E-state index in [2.05, 4.69) is 16.0 Å². The molecule has 5 nitrogen and oxygen atoms in total. The van der Waals surface area contributed by atoms with Crippen LogP contribution in [0.15, 0.2) is 24.3 Å². The maximum atomic E-state index is 11.8. The maximum absolute atomic E-state index is 11.8. The fraction of sp³-hybridized carbons (Fsp3) is 0.467. The predicted octanol–water partition coefficient (Wildman–Crippen LogP) is 1.33. The molecule has 21 heavy (non-hydrogen) atoms. The van der Waals surface area contributed by atoms with Crippen LogP contribution in [-0.4, -0.2) is 37.5 Å². The number of carbonyl (C=O) groups excluding carboxylic acids is 2. The summed E-state index contributed by atoms with van der Waals surface area (Å²) in [6, 6.07) is 6.97. The van der Waals surface area contributed by atoms with Crippen LogP contribution in [0.25, 0.3) is 0 Å². The molecule has 0 spiro atoms. The number of amides is 2. The standard InChI is InChI=1S/C15H20ClN3O2/c16-12-5-3-11(4-6-12)15(21)18-8-1-2-14(20)19-13-7-9-17-10-13/h3-6,13,17H,1-2,7-10H2,(H,18,21)(H,19,20). The summed E-state index contributed by atoms with van der Waals surface area (Å²) < 4.78 is 0. The highest BCUT2D eigenvalue weighted by atomic mass is 35.5. The SMILES string of the molecule is O=C(CCCNC(=O)c1ccc(Cl)cc1)NC1CCNC1. The second kappa shape index (κ2) is 8.00. The first-order valence-corrected chi connectivity index (χ1v) is 7.57. The zero-order chi connectivity index (χ0) is 15.1. The van der Waals surface area contributed by atoms with E-state index in [4.69, 9.17) is 11.6 Å². The lowest BCUT2D eigenvalue weighted by atomic mass is 10.2. The Hall–Kier alpha value is -1.59. The quantitative estimate of drug-likeness (QED) is 0.694. The molecule has 1 aromatic carbocycles. The van der Waals surface area contributed by atoms with Crippen molar-refractivity contribution in [1.82, 2.24) is 16.0 Å². The zero-order valence-corrected chi connectivity index (χ0v) is 12.6. The molecule has 1 aliphatic rings. The molecule has 1 atom stereocenters. The summed E-state index contributed by atoms with van der Waals surface area (Å²) in [7, 11) is 0. The van der Waals surface area contributed by atoms with E-state index >= 15 is 0 Å². The van der Waals surface area contributed by atoms with E-state index in [1.165, 1.54) is 0 Å². The van der Waals surface area contributed by atoms with E-state index in [0.29, 0.717) is 30.0 Å². The molecule has 1 unspecified atom stereocenters. The summed E-state index contributed by atoms with van der Waals surface area (Å²) >= 11 is 5.77. The van der Waals surface area contributed by atoms with Crippen molar-refractivity contribution >= 4 is 23.4 Å². The molecule has 0 bridgehead atoms. The van der Waals surface area contributed by atoms with Crippen molar-refractivity contribution in [1.29, 1.82) is 0 Å². The summed E-state index contributed by atoms with van der Waals surface area (Å²) in [6.45, 7) is 2.29. The third-order valence-corrected chi connectivity index (χ3v) is 3.65. The second-order valence-electron chi connectivity index (χ2n) is 5.12. The maximum Gasteiger partial charge on any atom is 0.251 e. The smallest absolute Gasteiger partial charge is 0.251 e. The highest BCUT2D eigenvalue weighted by molar-refractivity contribution is 6.30. The van der Waals surface area contributed by atoms with Gasteiger partial charge in [0.05, 0.1) is 0 Å². The molecule has 1 aromatic rings. The monoisotopic (exact) mass is 309 g/mol. The molecule has 0 aromatic heterocycles. The lowest BCUT2D eigenvalue weighted by Gasteiger charge is -2.11. The highest BCUT2D eigenvalue weighted by Crippen LogP contribution is 2.09. The minimum atomic E-state index is -0.146. The number of hydrogen-bond acceptors (Lipinski definition) is 3. The Morgan fingerprint density at radius 3 is 2.71 bits per heavy atom. The number of benzene rings is 1. The van der Waals surface area contributed by atoms with Gasteiger partial charge in [0.1, 0.15) is 0 Å². The molecule has 1 aliphatic heterocycles. The molecule has 0 saturated carbocycles. The fourth-order valence-electron chi connectivity index (χ4n) is 2.23. The lowest BCUT2D eigenvalue weighted by molar-refractivity contribution is -0.121. The Kier molecular flexibility index (Phi) is 6.02. The third-order valence-electron chi connectivity index (χ3n) is 3.40. The summed E-state index contributed by atoms with van der Waals surface area (Å²) in [4.78, 5) is 23.5. The number of nitrogens with one attached hydrogen (secondary N) is 3. The number of carbonyl (C=O) groups is 2. The summed E-state index contributed by atoms with van der Waals surface area (Å²) in [5.41, 5.74) is 0.570. The van der Waals surface area contributed by atoms with Crippen molar-refractivity contribution in [2.75, 3.05) is 19.6 Å². The van der Waals surface area contributed by atoms with Gasteiger partial charge in [-0.15, -0.1) is 0 Å². The molecular formula is C15H20ClN3O2. The van der Waals surface area contributed by atoms with Crippen molar-refractivity contribution in [3.05, 3.63) is 34.9 Å². The first-order chi connectivity index (χ1) is 10.1. The largest absolute Gasteiger partial charge is 0.352 e. The van der Waals surface area contributed by atoms with Gasteiger partial charge in [-0.3, -0.25) is 9.59 Å². The fourth-order valence-corrected chi connectivity index (χ4v) is 2.36. The average Bonchev–Trinajstić information content (AvgIpc) is 2.97. The molecule has 1 heterocycles. The van der Waals surface area contributed by atoms with E-state index in [1.54, 1.807) is 24.3 Å². The minimum absolute atomic E-state index is 0.0458. The van der Waals surface area contributed by atoms with Gasteiger partial charge >= 0.3 is 0 Å². The van der Waals surface area contributed by atoms with Crippen molar-refractivity contribution in [2.45, 2.75) is 25.3 Å². The summed E-state index contributed by atoms with van der Waals surface area (Å²) in [6.07, 6.45) is 2.04. The highest BCUT2D eigenvalue weighted by Gasteiger charge is 2.16. The molecule has 1 saturated heterocycles. The predicted molar refractivity (Wildman–Crippen MR) is 82.4 cm³/mol. The molecule has 1 fully saturated rings. The molecule has 0 aliphatic carbocycles. The minimum Gasteiger partial charge on any atom is -0.352 e. The van der Waals surface area contributed by atoms with E-state index in [1.807, 2.05) is 0 Å². The summed E-state index contributed by atoms with van der Waals surface area (Å²) in [5.74, 6) is -0.100. The van der Waals surface area contributed by atoms with Crippen molar-refractivity contribution in [3.8, 4) is 0 Å². The van der Waals surface area contributed by atoms with Crippen molar-refractivity contribution < 1.29 is 9.59 Å². The van der Waals surface area contributed by atoms with Gasteiger partial charge in [-0.1, -0.05) is 11.6 Å². The number of rotatable bonds is 6. The van der Waals surface area contributed by atoms with Crippen LogP contribution in [0.3, 0.4) is 0 Å². The Balaban J connectivity index is 1.61. The Labute approximate surface area is 129 Å². The molecule has 3 N–H and O–H groups in total. The zero-order valence-electron chi connectivity index (χ0n) is 11.8. The van der Waals surface area contributed by atoms with Crippen LogP contribution in [0.2, 0.25) is 5.02 Å². The molecule has 114 valence electrons. The van der Waals surface area contributed by atoms with E-state index in [-0.39, 0.29) is 17.9 Å². The molecule has 2 amide bonds. The van der Waals surface area contributed by atoms with Gasteiger partial charge in [0, 0.05) is 36.1 Å². The first kappa shape index (κ1) is 15.8. The van der Waals surface area contributed by atoms with Gasteiger partial charge in [0.15, 0.2) is 0 Å². The van der Waals surface area contributed by atoms with Crippen molar-refractivity contribution in [2.24, 2.45) is 0 Å². The van der Waals surface area contributed by atoms with E-state index in [9.17, 15) is 9.59 Å². The van der Waals surface area contributed by atoms with Crippen LogP contribution in [0.1, 0.15) is 29.6 Å². The van der Waals surface area contributed by atoms with Crippen LogP contribution in [0.5, 0.6) is 0 Å². The number of hydrogen-bond donors (Lipinski definition) is 3. The Morgan fingerprint density at radius 1 is 1.29 bits per heavy atom. The molecule has 2 rings (SSSR count). The van der Waals surface area contributed by atoms with Gasteiger partial charge in [-0.25, -0.2) is 0 Å². The van der Waals surface area contributed by atoms with Crippen LogP contribution in [0, 0.1) is 0 Å². The van der Waals surface area contributed by atoms with E-state index in [0.717, 1.165) is 19.5 Å². The normalized spacial score (nSPS) is 17.5. The van der Waals surface area contributed by atoms with Gasteiger partial charge in [0.25, 0.3) is 5.91 Å². The van der Waals surface area contributed by atoms with Gasteiger partial charge < -0.3 is 16.0 Å². The lowest BCUT2D eigenvalue weighted by Crippen LogP contribution is -2.36. The van der Waals surface area contributed by atoms with Gasteiger partial charge in [-0.2, -0.15) is 0 Å². The summed E-state index contributed by atoms with van der Waals surface area (Å²) in [5, 5.41) is 9.57. The van der Waals surface area contributed by atoms with Gasteiger partial charge in [0.2, 0.25) is 5.91 Å². The van der Waals surface area contributed by atoms with Crippen LogP contribution < -0.4 is 16.0 Å². The van der Waals surface area contributed by atoms with Gasteiger partial charge in [-0.05, 0) is 43.7 Å².